The van der Waals surface area contributed by atoms with Crippen molar-refractivity contribution < 1.29 is 9.53 Å². The molecule has 31 heavy (non-hydrogen) atoms. The summed E-state index contributed by atoms with van der Waals surface area (Å²) in [6, 6.07) is 15.8. The number of carbonyl (C=O) groups is 1. The average molecular weight is 428 g/mol. The molecule has 6 heteroatoms. The zero-order valence-corrected chi connectivity index (χ0v) is 18.0. The summed E-state index contributed by atoms with van der Waals surface area (Å²) in [4.78, 5) is 14.1. The van der Waals surface area contributed by atoms with Crippen LogP contribution in [0.5, 0.6) is 5.75 Å². The maximum Gasteiger partial charge on any atom is 0.266 e. The molecule has 0 saturated heterocycles. The van der Waals surface area contributed by atoms with E-state index in [4.69, 9.17) is 4.74 Å². The van der Waals surface area contributed by atoms with E-state index < -0.39 is 5.91 Å². The quantitative estimate of drug-likeness (QED) is 0.424. The van der Waals surface area contributed by atoms with E-state index in [-0.39, 0.29) is 5.57 Å². The number of fused-ring (bicyclic) bond motifs is 2. The number of hydrogen-bond acceptors (Lipinski definition) is 5. The van der Waals surface area contributed by atoms with Crippen molar-refractivity contribution in [3.63, 3.8) is 0 Å². The van der Waals surface area contributed by atoms with Crippen LogP contribution in [-0.2, 0) is 17.6 Å². The van der Waals surface area contributed by atoms with Gasteiger partial charge in [0.2, 0.25) is 0 Å². The summed E-state index contributed by atoms with van der Waals surface area (Å²) in [7, 11) is 0. The van der Waals surface area contributed by atoms with Gasteiger partial charge in [0, 0.05) is 10.4 Å². The topological polar surface area (TPSA) is 85.9 Å². The summed E-state index contributed by atoms with van der Waals surface area (Å²) in [5.41, 5.74) is 2.24. The first-order valence-electron chi connectivity index (χ1n) is 10.3. The molecule has 5 nitrogen and oxygen atoms in total. The van der Waals surface area contributed by atoms with Crippen molar-refractivity contribution in [1.29, 1.82) is 10.5 Å². The van der Waals surface area contributed by atoms with Crippen molar-refractivity contribution in [1.82, 2.24) is 0 Å². The molecule has 154 valence electrons. The summed E-state index contributed by atoms with van der Waals surface area (Å²) >= 11 is 1.45. The highest BCUT2D eigenvalue weighted by molar-refractivity contribution is 7.16. The van der Waals surface area contributed by atoms with Crippen molar-refractivity contribution in [3.8, 4) is 17.9 Å². The number of thiophene rings is 1. The number of hydrogen-bond donors (Lipinski definition) is 1. The second-order valence-electron chi connectivity index (χ2n) is 7.28. The zero-order chi connectivity index (χ0) is 21.8. The van der Waals surface area contributed by atoms with Crippen LogP contribution in [0.2, 0.25) is 0 Å². The third-order valence-corrected chi connectivity index (χ3v) is 6.60. The van der Waals surface area contributed by atoms with E-state index in [0.717, 1.165) is 46.9 Å². The molecule has 0 spiro atoms. The molecule has 0 radical (unpaired) electrons. The molecule has 0 unspecified atom stereocenters. The van der Waals surface area contributed by atoms with Gasteiger partial charge in [0.1, 0.15) is 28.5 Å². The molecule has 1 amide bonds. The van der Waals surface area contributed by atoms with Crippen LogP contribution in [0.25, 0.3) is 16.8 Å². The smallest absolute Gasteiger partial charge is 0.266 e. The first-order valence-corrected chi connectivity index (χ1v) is 11.1. The Balaban J connectivity index is 1.73. The fourth-order valence-corrected chi connectivity index (χ4v) is 5.18. The van der Waals surface area contributed by atoms with Crippen LogP contribution in [-0.4, -0.2) is 12.5 Å². The second-order valence-corrected chi connectivity index (χ2v) is 8.39. The Morgan fingerprint density at radius 3 is 2.77 bits per heavy atom. The van der Waals surface area contributed by atoms with Gasteiger partial charge in [-0.1, -0.05) is 30.3 Å². The highest BCUT2D eigenvalue weighted by Gasteiger charge is 2.23. The van der Waals surface area contributed by atoms with Crippen LogP contribution in [0, 0.1) is 22.7 Å². The minimum Gasteiger partial charge on any atom is -0.493 e. The SMILES string of the molecule is CCOc1ccc2ccccc2c1C=C(C#N)C(=O)Nc1sc2c(c1C#N)CCCC2. The van der Waals surface area contributed by atoms with Gasteiger partial charge in [-0.25, -0.2) is 0 Å². The predicted octanol–water partition coefficient (Wildman–Crippen LogP) is 5.60. The molecule has 1 aliphatic carbocycles. The third kappa shape index (κ3) is 4.03. The first-order chi connectivity index (χ1) is 15.2. The van der Waals surface area contributed by atoms with Gasteiger partial charge in [0.05, 0.1) is 12.2 Å². The summed E-state index contributed by atoms with van der Waals surface area (Å²) in [6.07, 6.45) is 5.51. The molecule has 1 heterocycles. The number of amides is 1. The molecule has 0 bridgehead atoms. The van der Waals surface area contributed by atoms with E-state index in [1.807, 2.05) is 49.4 Å². The molecule has 0 saturated carbocycles. The minimum atomic E-state index is -0.520. The standard InChI is InChI=1S/C25H21N3O2S/c1-2-30-22-12-11-16-7-3-4-8-18(16)20(22)13-17(14-26)24(29)28-25-21(15-27)19-9-5-6-10-23(19)31-25/h3-4,7-8,11-13H,2,5-6,9-10H2,1H3,(H,28,29). The second kappa shape index (κ2) is 9.04. The molecule has 0 fully saturated rings. The summed E-state index contributed by atoms with van der Waals surface area (Å²) < 4.78 is 5.75. The minimum absolute atomic E-state index is 0.0347. The monoisotopic (exact) mass is 427 g/mol. The molecular weight excluding hydrogens is 406 g/mol. The van der Waals surface area contributed by atoms with Gasteiger partial charge >= 0.3 is 0 Å². The van der Waals surface area contributed by atoms with Crippen molar-refractivity contribution >= 4 is 39.1 Å². The summed E-state index contributed by atoms with van der Waals surface area (Å²) in [5.74, 6) is 0.0963. The van der Waals surface area contributed by atoms with Gasteiger partial charge in [-0.05, 0) is 61.1 Å². The van der Waals surface area contributed by atoms with Crippen LogP contribution in [0.15, 0.2) is 42.0 Å². The Morgan fingerprint density at radius 1 is 1.19 bits per heavy atom. The van der Waals surface area contributed by atoms with E-state index in [1.54, 1.807) is 6.08 Å². The Labute approximate surface area is 185 Å². The molecule has 0 aliphatic heterocycles. The number of rotatable bonds is 5. The number of carbonyl (C=O) groups excluding carboxylic acids is 1. The highest BCUT2D eigenvalue weighted by atomic mass is 32.1. The average Bonchev–Trinajstić information content (AvgIpc) is 3.15. The largest absolute Gasteiger partial charge is 0.493 e. The molecule has 3 aromatic rings. The molecular formula is C25H21N3O2S. The van der Waals surface area contributed by atoms with E-state index in [2.05, 4.69) is 11.4 Å². The lowest BCUT2D eigenvalue weighted by Crippen LogP contribution is -2.13. The van der Waals surface area contributed by atoms with Gasteiger partial charge < -0.3 is 10.1 Å². The van der Waals surface area contributed by atoms with Crippen molar-refractivity contribution in [2.45, 2.75) is 32.6 Å². The van der Waals surface area contributed by atoms with Gasteiger partial charge in [-0.3, -0.25) is 4.79 Å². The Morgan fingerprint density at radius 2 is 2.00 bits per heavy atom. The molecule has 0 atom stereocenters. The fraction of sp³-hybridized carbons (Fsp3) is 0.240. The maximum absolute atomic E-state index is 13.0. The zero-order valence-electron chi connectivity index (χ0n) is 17.2. The van der Waals surface area contributed by atoms with Crippen molar-refractivity contribution in [2.75, 3.05) is 11.9 Å². The number of ether oxygens (including phenoxy) is 1. The predicted molar refractivity (Wildman–Crippen MR) is 123 cm³/mol. The van der Waals surface area contributed by atoms with Crippen LogP contribution in [0.4, 0.5) is 5.00 Å². The van der Waals surface area contributed by atoms with E-state index in [0.29, 0.717) is 28.5 Å². The lowest BCUT2D eigenvalue weighted by molar-refractivity contribution is -0.112. The highest BCUT2D eigenvalue weighted by Crippen LogP contribution is 2.38. The number of aryl methyl sites for hydroxylation is 1. The van der Waals surface area contributed by atoms with Gasteiger partial charge in [0.25, 0.3) is 5.91 Å². The number of benzene rings is 2. The van der Waals surface area contributed by atoms with Gasteiger partial charge in [-0.2, -0.15) is 10.5 Å². The first kappa shape index (κ1) is 20.7. The Hall–Kier alpha value is -3.61. The normalized spacial score (nSPS) is 13.2. The van der Waals surface area contributed by atoms with Crippen molar-refractivity contribution in [3.05, 3.63) is 63.5 Å². The number of nitriles is 2. The molecule has 2 aromatic carbocycles. The Kier molecular flexibility index (Phi) is 6.02. The summed E-state index contributed by atoms with van der Waals surface area (Å²) in [6.45, 7) is 2.36. The lowest BCUT2D eigenvalue weighted by atomic mass is 9.96. The molecule has 1 N–H and O–H groups in total. The molecule has 1 aromatic heterocycles. The van der Waals surface area contributed by atoms with Crippen LogP contribution in [0.3, 0.4) is 0 Å². The van der Waals surface area contributed by atoms with Crippen LogP contribution < -0.4 is 10.1 Å². The lowest BCUT2D eigenvalue weighted by Gasteiger charge is -2.11. The number of nitrogens with one attached hydrogen (secondary N) is 1. The van der Waals surface area contributed by atoms with Crippen LogP contribution >= 0.6 is 11.3 Å². The molecule has 1 aliphatic rings. The van der Waals surface area contributed by atoms with E-state index in [9.17, 15) is 15.3 Å². The van der Waals surface area contributed by atoms with Crippen molar-refractivity contribution in [2.24, 2.45) is 0 Å². The van der Waals surface area contributed by atoms with Gasteiger partial charge in [0.15, 0.2) is 0 Å². The number of anilines is 1. The summed E-state index contributed by atoms with van der Waals surface area (Å²) in [5, 5.41) is 24.6. The number of nitrogens with zero attached hydrogens (tertiary/aromatic N) is 2. The van der Waals surface area contributed by atoms with E-state index >= 15 is 0 Å². The van der Waals surface area contributed by atoms with E-state index in [1.165, 1.54) is 11.3 Å². The molecule has 4 rings (SSSR count). The fourth-order valence-electron chi connectivity index (χ4n) is 3.94. The third-order valence-electron chi connectivity index (χ3n) is 5.39. The van der Waals surface area contributed by atoms with Gasteiger partial charge in [-0.15, -0.1) is 11.3 Å². The van der Waals surface area contributed by atoms with Crippen LogP contribution in [0.1, 0.15) is 41.3 Å². The maximum atomic E-state index is 13.0. The Bertz CT molecular complexity index is 1270.